The zero-order valence-corrected chi connectivity index (χ0v) is 13.8. The SMILES string of the molecule is CCOCC1CN(C(=O)c2ccccc2Cn2ccnn2)CCO1. The monoisotopic (exact) mass is 330 g/mol. The molecule has 7 nitrogen and oxygen atoms in total. The van der Waals surface area contributed by atoms with Gasteiger partial charge < -0.3 is 14.4 Å². The highest BCUT2D eigenvalue weighted by atomic mass is 16.5. The summed E-state index contributed by atoms with van der Waals surface area (Å²) in [5.74, 6) is 0.0236. The molecule has 1 amide bonds. The van der Waals surface area contributed by atoms with Crippen molar-refractivity contribution in [3.05, 3.63) is 47.8 Å². The number of benzene rings is 1. The first-order valence-electron chi connectivity index (χ1n) is 8.18. The van der Waals surface area contributed by atoms with E-state index in [4.69, 9.17) is 9.47 Å². The van der Waals surface area contributed by atoms with Gasteiger partial charge in [-0.1, -0.05) is 23.4 Å². The molecular formula is C17H22N4O3. The van der Waals surface area contributed by atoms with Crippen LogP contribution in [0.15, 0.2) is 36.7 Å². The van der Waals surface area contributed by atoms with Gasteiger partial charge in [-0.3, -0.25) is 4.79 Å². The standard InChI is InChI=1S/C17H22N4O3/c1-2-23-13-15-12-20(9-10-24-15)17(22)16-6-4-3-5-14(16)11-21-8-7-18-19-21/h3-8,15H,2,9-13H2,1H3. The number of morpholine rings is 1. The van der Waals surface area contributed by atoms with E-state index in [2.05, 4.69) is 10.3 Å². The van der Waals surface area contributed by atoms with Crippen LogP contribution < -0.4 is 0 Å². The van der Waals surface area contributed by atoms with Gasteiger partial charge in [0.05, 0.1) is 32.1 Å². The Balaban J connectivity index is 1.72. The summed E-state index contributed by atoms with van der Waals surface area (Å²) < 4.78 is 12.8. The zero-order valence-electron chi connectivity index (χ0n) is 13.8. The van der Waals surface area contributed by atoms with Gasteiger partial charge in [0.1, 0.15) is 0 Å². The molecule has 0 radical (unpaired) electrons. The molecule has 1 aliphatic rings. The molecule has 24 heavy (non-hydrogen) atoms. The van der Waals surface area contributed by atoms with E-state index in [9.17, 15) is 4.79 Å². The highest BCUT2D eigenvalue weighted by Crippen LogP contribution is 2.16. The van der Waals surface area contributed by atoms with Crippen LogP contribution in [-0.2, 0) is 16.0 Å². The molecule has 2 aromatic rings. The average Bonchev–Trinajstić information content (AvgIpc) is 3.13. The number of carbonyl (C=O) groups is 1. The molecule has 1 aromatic heterocycles. The molecule has 3 rings (SSSR count). The second-order valence-electron chi connectivity index (χ2n) is 5.66. The summed E-state index contributed by atoms with van der Waals surface area (Å²) in [6.07, 6.45) is 3.35. The maximum Gasteiger partial charge on any atom is 0.254 e. The number of hydrogen-bond donors (Lipinski definition) is 0. The molecule has 0 bridgehead atoms. The third-order valence-corrected chi connectivity index (χ3v) is 3.99. The van der Waals surface area contributed by atoms with E-state index in [1.165, 1.54) is 0 Å². The third kappa shape index (κ3) is 3.98. The quantitative estimate of drug-likeness (QED) is 0.796. The predicted molar refractivity (Wildman–Crippen MR) is 87.7 cm³/mol. The van der Waals surface area contributed by atoms with Crippen LogP contribution in [0, 0.1) is 0 Å². The van der Waals surface area contributed by atoms with E-state index < -0.39 is 0 Å². The average molecular weight is 330 g/mol. The van der Waals surface area contributed by atoms with Crippen molar-refractivity contribution in [3.8, 4) is 0 Å². The van der Waals surface area contributed by atoms with Gasteiger partial charge in [-0.05, 0) is 18.6 Å². The number of aromatic nitrogens is 3. The molecule has 0 spiro atoms. The largest absolute Gasteiger partial charge is 0.379 e. The van der Waals surface area contributed by atoms with E-state index in [1.54, 1.807) is 17.1 Å². The van der Waals surface area contributed by atoms with Crippen molar-refractivity contribution in [2.45, 2.75) is 19.6 Å². The fourth-order valence-corrected chi connectivity index (χ4v) is 2.78. The maximum atomic E-state index is 13.0. The molecule has 1 atom stereocenters. The third-order valence-electron chi connectivity index (χ3n) is 3.99. The van der Waals surface area contributed by atoms with E-state index in [0.717, 1.165) is 5.56 Å². The molecule has 2 heterocycles. The summed E-state index contributed by atoms with van der Waals surface area (Å²) >= 11 is 0. The second kappa shape index (κ2) is 8.03. The molecule has 1 aliphatic heterocycles. The molecule has 1 unspecified atom stereocenters. The Hall–Kier alpha value is -2.25. The van der Waals surface area contributed by atoms with Gasteiger partial charge in [0.15, 0.2) is 0 Å². The summed E-state index contributed by atoms with van der Waals surface area (Å²) in [6, 6.07) is 7.63. The lowest BCUT2D eigenvalue weighted by atomic mass is 10.1. The topological polar surface area (TPSA) is 69.5 Å². The van der Waals surface area contributed by atoms with Crippen LogP contribution in [0.25, 0.3) is 0 Å². The number of hydrogen-bond acceptors (Lipinski definition) is 5. The number of nitrogens with zero attached hydrogens (tertiary/aromatic N) is 4. The molecule has 7 heteroatoms. The first-order chi connectivity index (χ1) is 11.8. The van der Waals surface area contributed by atoms with Gasteiger partial charge in [0, 0.05) is 31.5 Å². The lowest BCUT2D eigenvalue weighted by molar-refractivity contribution is -0.0598. The summed E-state index contributed by atoms with van der Waals surface area (Å²) in [7, 11) is 0. The first-order valence-corrected chi connectivity index (χ1v) is 8.18. The molecule has 1 fully saturated rings. The molecular weight excluding hydrogens is 308 g/mol. The number of amides is 1. The normalized spacial score (nSPS) is 17.9. The molecule has 0 saturated carbocycles. The van der Waals surface area contributed by atoms with Gasteiger partial charge >= 0.3 is 0 Å². The van der Waals surface area contributed by atoms with Crippen molar-refractivity contribution in [1.82, 2.24) is 19.9 Å². The van der Waals surface area contributed by atoms with Gasteiger partial charge in [0.2, 0.25) is 0 Å². The van der Waals surface area contributed by atoms with Crippen molar-refractivity contribution < 1.29 is 14.3 Å². The lowest BCUT2D eigenvalue weighted by Crippen LogP contribution is -2.47. The summed E-state index contributed by atoms with van der Waals surface area (Å²) in [6.45, 7) is 5.32. The maximum absolute atomic E-state index is 13.0. The highest BCUT2D eigenvalue weighted by molar-refractivity contribution is 5.95. The molecule has 1 saturated heterocycles. The van der Waals surface area contributed by atoms with E-state index in [1.807, 2.05) is 36.1 Å². The van der Waals surface area contributed by atoms with Crippen LogP contribution in [0.2, 0.25) is 0 Å². The predicted octanol–water partition coefficient (Wildman–Crippen LogP) is 1.20. The fraction of sp³-hybridized carbons (Fsp3) is 0.471. The first kappa shape index (κ1) is 16.6. The van der Waals surface area contributed by atoms with Gasteiger partial charge in [-0.2, -0.15) is 0 Å². The minimum absolute atomic E-state index is 0.0236. The highest BCUT2D eigenvalue weighted by Gasteiger charge is 2.26. The van der Waals surface area contributed by atoms with E-state index in [-0.39, 0.29) is 12.0 Å². The van der Waals surface area contributed by atoms with E-state index >= 15 is 0 Å². The molecule has 128 valence electrons. The minimum atomic E-state index is -0.0647. The Morgan fingerprint density at radius 2 is 2.29 bits per heavy atom. The van der Waals surface area contributed by atoms with Crippen LogP contribution in [0.3, 0.4) is 0 Å². The van der Waals surface area contributed by atoms with Crippen molar-refractivity contribution in [1.29, 1.82) is 0 Å². The van der Waals surface area contributed by atoms with Crippen molar-refractivity contribution in [2.75, 3.05) is 32.9 Å². The number of ether oxygens (including phenoxy) is 2. The zero-order chi connectivity index (χ0) is 16.8. The van der Waals surface area contributed by atoms with Gasteiger partial charge in [-0.25, -0.2) is 4.68 Å². The smallest absolute Gasteiger partial charge is 0.254 e. The van der Waals surface area contributed by atoms with Crippen molar-refractivity contribution in [3.63, 3.8) is 0 Å². The van der Waals surface area contributed by atoms with E-state index in [0.29, 0.717) is 45.0 Å². The summed E-state index contributed by atoms with van der Waals surface area (Å²) in [5, 5.41) is 7.78. The lowest BCUT2D eigenvalue weighted by Gasteiger charge is -2.33. The Morgan fingerprint density at radius 1 is 1.42 bits per heavy atom. The molecule has 0 N–H and O–H groups in total. The Labute approximate surface area is 141 Å². The minimum Gasteiger partial charge on any atom is -0.379 e. The van der Waals surface area contributed by atoms with Crippen LogP contribution in [0.1, 0.15) is 22.8 Å². The van der Waals surface area contributed by atoms with Crippen LogP contribution in [0.4, 0.5) is 0 Å². The number of carbonyl (C=O) groups excluding carboxylic acids is 1. The van der Waals surface area contributed by atoms with Crippen LogP contribution in [0.5, 0.6) is 0 Å². The van der Waals surface area contributed by atoms with Crippen molar-refractivity contribution >= 4 is 5.91 Å². The summed E-state index contributed by atoms with van der Waals surface area (Å²) in [5.41, 5.74) is 1.63. The van der Waals surface area contributed by atoms with Gasteiger partial charge in [-0.15, -0.1) is 5.10 Å². The Kier molecular flexibility index (Phi) is 5.55. The second-order valence-corrected chi connectivity index (χ2v) is 5.66. The Bertz CT molecular complexity index is 660. The van der Waals surface area contributed by atoms with Crippen LogP contribution >= 0.6 is 0 Å². The Morgan fingerprint density at radius 3 is 3.08 bits per heavy atom. The molecule has 0 aliphatic carbocycles. The summed E-state index contributed by atoms with van der Waals surface area (Å²) in [4.78, 5) is 14.8. The van der Waals surface area contributed by atoms with Crippen LogP contribution in [-0.4, -0.2) is 64.8 Å². The van der Waals surface area contributed by atoms with Crippen molar-refractivity contribution in [2.24, 2.45) is 0 Å². The molecule has 1 aromatic carbocycles. The number of rotatable bonds is 6. The van der Waals surface area contributed by atoms with Gasteiger partial charge in [0.25, 0.3) is 5.91 Å². The fourth-order valence-electron chi connectivity index (χ4n) is 2.78.